The molecular weight excluding hydrogens is 562 g/mol. The van der Waals surface area contributed by atoms with E-state index >= 15 is 0 Å². The molecule has 0 atom stereocenters. The van der Waals surface area contributed by atoms with Crippen LogP contribution in [0.15, 0.2) is 94.2 Å². The Bertz CT molecular complexity index is 1370. The van der Waals surface area contributed by atoms with Crippen molar-refractivity contribution in [3.8, 4) is 11.5 Å². The van der Waals surface area contributed by atoms with Gasteiger partial charge in [0.25, 0.3) is 0 Å². The van der Waals surface area contributed by atoms with E-state index in [0.717, 1.165) is 18.4 Å². The van der Waals surface area contributed by atoms with Crippen LogP contribution in [0.5, 0.6) is 11.5 Å². The van der Waals surface area contributed by atoms with Crippen molar-refractivity contribution in [2.75, 3.05) is 20.1 Å². The lowest BCUT2D eigenvalue weighted by molar-refractivity contribution is -0.134. The Balaban J connectivity index is 0.000000200. The number of carboxylic acid groups (broad SMARTS) is 2. The Labute approximate surface area is 258 Å². The van der Waals surface area contributed by atoms with E-state index in [9.17, 15) is 14.7 Å². The average Bonchev–Trinajstić information content (AvgIpc) is 2.99. The van der Waals surface area contributed by atoms with Gasteiger partial charge in [0.05, 0.1) is 0 Å². The van der Waals surface area contributed by atoms with E-state index in [1.54, 1.807) is 17.7 Å². The van der Waals surface area contributed by atoms with Gasteiger partial charge >= 0.3 is 11.9 Å². The number of aryl methyl sites for hydroxylation is 1. The number of nitrogens with zero attached hydrogens (tertiary/aromatic N) is 1. The summed E-state index contributed by atoms with van der Waals surface area (Å²) in [6.07, 6.45) is 9.18. The summed E-state index contributed by atoms with van der Waals surface area (Å²) in [5.41, 5.74) is 6.93. The number of carbonyl (C=O) groups is 2. The molecule has 5 rings (SSSR count). The lowest BCUT2D eigenvalue weighted by atomic mass is 9.88. The molecule has 3 aromatic rings. The predicted octanol–water partition coefficient (Wildman–Crippen LogP) is 7.61. The molecule has 3 aromatic carbocycles. The standard InChI is InChI=1S/C19H19NS.C12H18O2.C4H4O4/c1-20-12-10-14(11-13-20)19-15-6-2-4-8-17(15)21-18-9-5-3-7-16(18)19;1-2-3-4-5-6-10-7-8-11(13)9-12(10)14;5-3(6)1-2-4(7)8/h2-9H,10-13H2,1H3;7-9,13-14H,2-6H2,1H3;1-2H,(H,5,6)(H,7,8). The Morgan fingerprint density at radius 3 is 1.88 bits per heavy atom. The van der Waals surface area contributed by atoms with E-state index in [0.29, 0.717) is 12.2 Å². The molecule has 4 N–H and O–H groups in total. The maximum absolute atomic E-state index is 9.55. The summed E-state index contributed by atoms with van der Waals surface area (Å²) in [7, 11) is 2.22. The van der Waals surface area contributed by atoms with Crippen LogP contribution in [0.4, 0.5) is 0 Å². The molecule has 43 heavy (non-hydrogen) atoms. The molecular formula is C35H41NO6S. The first-order valence-electron chi connectivity index (χ1n) is 14.6. The van der Waals surface area contributed by atoms with Gasteiger partial charge in [-0.2, -0.15) is 0 Å². The quantitative estimate of drug-likeness (QED) is 0.126. The summed E-state index contributed by atoms with van der Waals surface area (Å²) in [6.45, 7) is 4.53. The van der Waals surface area contributed by atoms with E-state index in [1.165, 1.54) is 77.8 Å². The third-order valence-electron chi connectivity index (χ3n) is 7.21. The molecule has 8 heteroatoms. The summed E-state index contributed by atoms with van der Waals surface area (Å²) in [5, 5.41) is 34.2. The highest BCUT2D eigenvalue weighted by molar-refractivity contribution is 7.99. The molecule has 0 spiro atoms. The number of hydrogen-bond donors (Lipinski definition) is 4. The molecule has 2 aliphatic heterocycles. The van der Waals surface area contributed by atoms with Gasteiger partial charge in [0.2, 0.25) is 0 Å². The molecule has 0 unspecified atom stereocenters. The Kier molecular flexibility index (Phi) is 13.4. The zero-order valence-electron chi connectivity index (χ0n) is 24.8. The van der Waals surface area contributed by atoms with Gasteiger partial charge < -0.3 is 25.3 Å². The molecule has 0 amide bonds. The van der Waals surface area contributed by atoms with Gasteiger partial charge in [0.15, 0.2) is 0 Å². The summed E-state index contributed by atoms with van der Waals surface area (Å²) in [4.78, 5) is 24.3. The van der Waals surface area contributed by atoms with Gasteiger partial charge in [-0.15, -0.1) is 0 Å². The molecule has 2 aliphatic rings. The average molecular weight is 604 g/mol. The molecule has 7 nitrogen and oxygen atoms in total. The van der Waals surface area contributed by atoms with Gasteiger partial charge in [-0.3, -0.25) is 0 Å². The van der Waals surface area contributed by atoms with Crippen LogP contribution in [0, 0.1) is 0 Å². The minimum atomic E-state index is -1.26. The van der Waals surface area contributed by atoms with Crippen LogP contribution >= 0.6 is 11.8 Å². The van der Waals surface area contributed by atoms with Crippen molar-refractivity contribution in [2.45, 2.75) is 61.7 Å². The molecule has 0 radical (unpaired) electrons. The second-order valence-electron chi connectivity index (χ2n) is 10.5. The number of hydrogen-bond acceptors (Lipinski definition) is 6. The Morgan fingerprint density at radius 1 is 0.814 bits per heavy atom. The monoisotopic (exact) mass is 603 g/mol. The van der Waals surface area contributed by atoms with Crippen molar-refractivity contribution in [1.82, 2.24) is 4.90 Å². The summed E-state index contributed by atoms with van der Waals surface area (Å²) < 4.78 is 0. The highest BCUT2D eigenvalue weighted by atomic mass is 32.2. The highest BCUT2D eigenvalue weighted by Crippen LogP contribution is 2.47. The fourth-order valence-corrected chi connectivity index (χ4v) is 6.05. The second kappa shape index (κ2) is 17.2. The number of phenols is 2. The first-order chi connectivity index (χ1) is 20.7. The number of likely N-dealkylation sites (tertiary alicyclic amines) is 1. The highest BCUT2D eigenvalue weighted by Gasteiger charge is 2.24. The Hall–Kier alpha value is -4.01. The smallest absolute Gasteiger partial charge is 0.328 e. The molecule has 228 valence electrons. The molecule has 0 bridgehead atoms. The van der Waals surface area contributed by atoms with Crippen molar-refractivity contribution >= 4 is 29.3 Å². The van der Waals surface area contributed by atoms with Crippen molar-refractivity contribution in [2.24, 2.45) is 0 Å². The van der Waals surface area contributed by atoms with Crippen LogP contribution in [0.3, 0.4) is 0 Å². The van der Waals surface area contributed by atoms with Gasteiger partial charge in [-0.05, 0) is 73.2 Å². The van der Waals surface area contributed by atoms with Crippen LogP contribution in [-0.4, -0.2) is 57.4 Å². The van der Waals surface area contributed by atoms with E-state index in [-0.39, 0.29) is 11.5 Å². The molecule has 1 saturated heterocycles. The molecule has 2 heterocycles. The normalized spacial score (nSPS) is 14.1. The fourth-order valence-electron chi connectivity index (χ4n) is 4.96. The number of benzene rings is 3. The largest absolute Gasteiger partial charge is 0.508 e. The van der Waals surface area contributed by atoms with Gasteiger partial charge in [0.1, 0.15) is 11.5 Å². The number of phenolic OH excluding ortho intramolecular Hbond substituents is 2. The number of aliphatic carboxylic acids is 2. The van der Waals surface area contributed by atoms with Gasteiger partial charge in [-0.1, -0.05) is 86.0 Å². The van der Waals surface area contributed by atoms with Gasteiger partial charge in [-0.25, -0.2) is 9.59 Å². The van der Waals surface area contributed by atoms with E-state index in [2.05, 4.69) is 67.4 Å². The molecule has 0 aliphatic carbocycles. The number of carboxylic acids is 2. The lowest BCUT2D eigenvalue weighted by Gasteiger charge is -2.30. The van der Waals surface area contributed by atoms with Crippen molar-refractivity contribution in [3.05, 3.63) is 101 Å². The molecule has 0 saturated carbocycles. The molecule has 1 fully saturated rings. The second-order valence-corrected chi connectivity index (χ2v) is 11.6. The van der Waals surface area contributed by atoms with Crippen LogP contribution in [0.1, 0.15) is 62.1 Å². The van der Waals surface area contributed by atoms with E-state index in [1.807, 2.05) is 11.8 Å². The minimum absolute atomic E-state index is 0.125. The number of unbranched alkanes of at least 4 members (excludes halogenated alkanes) is 3. The summed E-state index contributed by atoms with van der Waals surface area (Å²) in [5.74, 6) is -2.18. The summed E-state index contributed by atoms with van der Waals surface area (Å²) in [6, 6.07) is 22.5. The van der Waals surface area contributed by atoms with Crippen molar-refractivity contribution < 1.29 is 30.0 Å². The third kappa shape index (κ3) is 10.6. The minimum Gasteiger partial charge on any atom is -0.508 e. The Morgan fingerprint density at radius 2 is 1.37 bits per heavy atom. The first kappa shape index (κ1) is 33.5. The van der Waals surface area contributed by atoms with E-state index in [4.69, 9.17) is 15.3 Å². The fraction of sp³-hybridized carbons (Fsp3) is 0.314. The first-order valence-corrected chi connectivity index (χ1v) is 15.4. The number of fused-ring (bicyclic) bond motifs is 2. The van der Waals surface area contributed by atoms with Crippen LogP contribution < -0.4 is 0 Å². The van der Waals surface area contributed by atoms with Crippen molar-refractivity contribution in [1.29, 1.82) is 0 Å². The molecule has 0 aromatic heterocycles. The van der Waals surface area contributed by atoms with Crippen molar-refractivity contribution in [3.63, 3.8) is 0 Å². The number of piperidine rings is 1. The zero-order chi connectivity index (χ0) is 31.2. The zero-order valence-corrected chi connectivity index (χ0v) is 25.6. The van der Waals surface area contributed by atoms with Crippen LogP contribution in [0.25, 0.3) is 5.57 Å². The van der Waals surface area contributed by atoms with Gasteiger partial charge in [0, 0.05) is 41.1 Å². The number of rotatable bonds is 7. The maximum Gasteiger partial charge on any atom is 0.328 e. The summed E-state index contributed by atoms with van der Waals surface area (Å²) >= 11 is 1.91. The van der Waals surface area contributed by atoms with Crippen LogP contribution in [0.2, 0.25) is 0 Å². The van der Waals surface area contributed by atoms with Crippen LogP contribution in [-0.2, 0) is 16.0 Å². The topological polar surface area (TPSA) is 118 Å². The maximum atomic E-state index is 9.55. The van der Waals surface area contributed by atoms with E-state index < -0.39 is 11.9 Å². The SMILES string of the molecule is CCCCCCc1ccc(O)cc1O.CN1CCC(=C2c3ccccc3Sc3ccccc32)CC1.O=C(O)C=CC(=O)O. The lowest BCUT2D eigenvalue weighted by Crippen LogP contribution is -2.27. The third-order valence-corrected chi connectivity index (χ3v) is 8.37. The number of aromatic hydroxyl groups is 2. The predicted molar refractivity (Wildman–Crippen MR) is 172 cm³/mol.